The largest absolute Gasteiger partial charge is 0.384 e. The van der Waals surface area contributed by atoms with Crippen LogP contribution in [0.1, 0.15) is 23.5 Å². The van der Waals surface area contributed by atoms with E-state index >= 15 is 0 Å². The highest BCUT2D eigenvalue weighted by Crippen LogP contribution is 2.27. The normalized spacial score (nSPS) is 14.3. The summed E-state index contributed by atoms with van der Waals surface area (Å²) in [6.07, 6.45) is 2.34. The summed E-state index contributed by atoms with van der Waals surface area (Å²) in [5.74, 6) is 1.35. The fourth-order valence-electron chi connectivity index (χ4n) is 2.67. The van der Waals surface area contributed by atoms with Gasteiger partial charge in [0.15, 0.2) is 0 Å². The Morgan fingerprint density at radius 3 is 2.95 bits per heavy atom. The van der Waals surface area contributed by atoms with Crippen LogP contribution in [0.25, 0.3) is 0 Å². The van der Waals surface area contributed by atoms with Crippen LogP contribution in [0.5, 0.6) is 0 Å². The van der Waals surface area contributed by atoms with Crippen LogP contribution in [0.2, 0.25) is 0 Å². The van der Waals surface area contributed by atoms with Crippen molar-refractivity contribution >= 4 is 11.5 Å². The van der Waals surface area contributed by atoms with Gasteiger partial charge in [-0.25, -0.2) is 9.97 Å². The van der Waals surface area contributed by atoms with Crippen molar-refractivity contribution in [3.05, 3.63) is 47.4 Å². The van der Waals surface area contributed by atoms with E-state index < -0.39 is 0 Å². The third kappa shape index (κ3) is 2.52. The van der Waals surface area contributed by atoms with Crippen LogP contribution in [0.4, 0.5) is 11.5 Å². The minimum absolute atomic E-state index is 0.549. The number of aromatic nitrogens is 2. The van der Waals surface area contributed by atoms with Gasteiger partial charge < -0.3 is 10.6 Å². The van der Waals surface area contributed by atoms with Crippen LogP contribution in [0.15, 0.2) is 30.3 Å². The molecule has 2 heterocycles. The molecular formula is C15H18N4. The molecule has 1 aromatic carbocycles. The summed E-state index contributed by atoms with van der Waals surface area (Å²) in [5, 5.41) is 0. The second-order valence-corrected chi connectivity index (χ2v) is 5.00. The van der Waals surface area contributed by atoms with E-state index in [1.54, 1.807) is 6.07 Å². The van der Waals surface area contributed by atoms with Gasteiger partial charge in [-0.15, -0.1) is 0 Å². The van der Waals surface area contributed by atoms with Crippen molar-refractivity contribution in [1.82, 2.24) is 9.97 Å². The number of aryl methyl sites for hydroxylation is 2. The first kappa shape index (κ1) is 12.0. The first-order valence-electron chi connectivity index (χ1n) is 6.65. The number of fused-ring (bicyclic) bond motifs is 1. The van der Waals surface area contributed by atoms with Crippen molar-refractivity contribution in [3.63, 3.8) is 0 Å². The Kier molecular flexibility index (Phi) is 3.07. The molecule has 0 aliphatic carbocycles. The Morgan fingerprint density at radius 1 is 1.26 bits per heavy atom. The fraction of sp³-hybridized carbons (Fsp3) is 0.333. The SMILES string of the molecule is Cc1cc(N)nc(CN2CCCc3ccccc32)n1. The number of para-hydroxylation sites is 1. The Labute approximate surface area is 113 Å². The highest BCUT2D eigenvalue weighted by Gasteiger charge is 2.17. The zero-order valence-corrected chi connectivity index (χ0v) is 11.1. The van der Waals surface area contributed by atoms with Crippen molar-refractivity contribution in [3.8, 4) is 0 Å². The number of nitrogen functional groups attached to an aromatic ring is 1. The van der Waals surface area contributed by atoms with Gasteiger partial charge >= 0.3 is 0 Å². The first-order chi connectivity index (χ1) is 9.22. The number of nitrogens with two attached hydrogens (primary N) is 1. The lowest BCUT2D eigenvalue weighted by Crippen LogP contribution is -2.29. The number of hydrogen-bond acceptors (Lipinski definition) is 4. The molecule has 0 saturated heterocycles. The molecule has 3 rings (SSSR count). The lowest BCUT2D eigenvalue weighted by atomic mass is 10.0. The van der Waals surface area contributed by atoms with E-state index in [2.05, 4.69) is 39.1 Å². The number of anilines is 2. The predicted molar refractivity (Wildman–Crippen MR) is 77.0 cm³/mol. The van der Waals surface area contributed by atoms with Crippen molar-refractivity contribution in [2.24, 2.45) is 0 Å². The van der Waals surface area contributed by atoms with Gasteiger partial charge in [-0.2, -0.15) is 0 Å². The molecule has 0 bridgehead atoms. The molecular weight excluding hydrogens is 236 g/mol. The molecule has 19 heavy (non-hydrogen) atoms. The van der Waals surface area contributed by atoms with E-state index in [0.717, 1.165) is 31.0 Å². The Balaban J connectivity index is 1.88. The minimum atomic E-state index is 0.549. The number of benzene rings is 1. The Morgan fingerprint density at radius 2 is 2.11 bits per heavy atom. The van der Waals surface area contributed by atoms with Crippen LogP contribution in [-0.2, 0) is 13.0 Å². The van der Waals surface area contributed by atoms with Crippen molar-refractivity contribution in [1.29, 1.82) is 0 Å². The highest BCUT2D eigenvalue weighted by molar-refractivity contribution is 5.55. The molecule has 2 N–H and O–H groups in total. The summed E-state index contributed by atoms with van der Waals surface area (Å²) in [7, 11) is 0. The Hall–Kier alpha value is -2.10. The van der Waals surface area contributed by atoms with Crippen LogP contribution < -0.4 is 10.6 Å². The van der Waals surface area contributed by atoms with Crippen LogP contribution >= 0.6 is 0 Å². The second kappa shape index (κ2) is 4.88. The number of rotatable bonds is 2. The maximum absolute atomic E-state index is 5.79. The highest BCUT2D eigenvalue weighted by atomic mass is 15.2. The van der Waals surface area contributed by atoms with E-state index in [9.17, 15) is 0 Å². The maximum Gasteiger partial charge on any atom is 0.150 e. The third-order valence-electron chi connectivity index (χ3n) is 3.46. The molecule has 0 atom stereocenters. The van der Waals surface area contributed by atoms with Crippen LogP contribution in [-0.4, -0.2) is 16.5 Å². The number of hydrogen-bond donors (Lipinski definition) is 1. The lowest BCUT2D eigenvalue weighted by molar-refractivity contribution is 0.673. The maximum atomic E-state index is 5.79. The standard InChI is InChI=1S/C15H18N4/c1-11-9-14(16)18-15(17-11)10-19-8-4-6-12-5-2-3-7-13(12)19/h2-3,5,7,9H,4,6,8,10H2,1H3,(H2,16,17,18). The van der Waals surface area contributed by atoms with Gasteiger partial charge in [-0.05, 0) is 31.4 Å². The van der Waals surface area contributed by atoms with Gasteiger partial charge in [0, 0.05) is 24.0 Å². The van der Waals surface area contributed by atoms with E-state index in [1.807, 2.05) is 6.92 Å². The topological polar surface area (TPSA) is 55.0 Å². The number of nitrogens with zero attached hydrogens (tertiary/aromatic N) is 3. The summed E-state index contributed by atoms with van der Waals surface area (Å²) in [6.45, 7) is 3.73. The molecule has 0 spiro atoms. The van der Waals surface area contributed by atoms with Gasteiger partial charge in [0.05, 0.1) is 6.54 Å². The molecule has 0 unspecified atom stereocenters. The molecule has 2 aromatic rings. The summed E-state index contributed by atoms with van der Waals surface area (Å²) in [4.78, 5) is 11.1. The summed E-state index contributed by atoms with van der Waals surface area (Å²) in [5.41, 5.74) is 9.43. The molecule has 4 nitrogen and oxygen atoms in total. The molecule has 1 aromatic heterocycles. The first-order valence-corrected chi connectivity index (χ1v) is 6.65. The van der Waals surface area contributed by atoms with Crippen LogP contribution in [0, 0.1) is 6.92 Å². The van der Waals surface area contributed by atoms with E-state index in [4.69, 9.17) is 5.73 Å². The minimum Gasteiger partial charge on any atom is -0.384 e. The van der Waals surface area contributed by atoms with E-state index in [1.165, 1.54) is 17.7 Å². The summed E-state index contributed by atoms with van der Waals surface area (Å²) in [6, 6.07) is 10.4. The fourth-order valence-corrected chi connectivity index (χ4v) is 2.67. The molecule has 0 amide bonds. The van der Waals surface area contributed by atoms with Crippen molar-refractivity contribution < 1.29 is 0 Å². The monoisotopic (exact) mass is 254 g/mol. The molecule has 1 aliphatic rings. The van der Waals surface area contributed by atoms with Crippen molar-refractivity contribution in [2.75, 3.05) is 17.2 Å². The lowest BCUT2D eigenvalue weighted by Gasteiger charge is -2.30. The molecule has 0 radical (unpaired) electrons. The smallest absolute Gasteiger partial charge is 0.150 e. The zero-order chi connectivity index (χ0) is 13.2. The van der Waals surface area contributed by atoms with Crippen molar-refractivity contribution in [2.45, 2.75) is 26.3 Å². The van der Waals surface area contributed by atoms with Gasteiger partial charge in [0.2, 0.25) is 0 Å². The van der Waals surface area contributed by atoms with Gasteiger partial charge in [0.1, 0.15) is 11.6 Å². The van der Waals surface area contributed by atoms with Crippen LogP contribution in [0.3, 0.4) is 0 Å². The molecule has 98 valence electrons. The zero-order valence-electron chi connectivity index (χ0n) is 11.1. The molecule has 0 saturated carbocycles. The second-order valence-electron chi connectivity index (χ2n) is 5.00. The molecule has 0 fully saturated rings. The molecule has 4 heteroatoms. The van der Waals surface area contributed by atoms with E-state index in [0.29, 0.717) is 5.82 Å². The van der Waals surface area contributed by atoms with Gasteiger partial charge in [-0.3, -0.25) is 0 Å². The predicted octanol–water partition coefficient (Wildman–Crippen LogP) is 2.32. The van der Waals surface area contributed by atoms with Gasteiger partial charge in [0.25, 0.3) is 0 Å². The quantitative estimate of drug-likeness (QED) is 0.893. The average Bonchev–Trinajstić information content (AvgIpc) is 2.38. The summed E-state index contributed by atoms with van der Waals surface area (Å²) >= 11 is 0. The van der Waals surface area contributed by atoms with E-state index in [-0.39, 0.29) is 0 Å². The summed E-state index contributed by atoms with van der Waals surface area (Å²) < 4.78 is 0. The third-order valence-corrected chi connectivity index (χ3v) is 3.46. The van der Waals surface area contributed by atoms with Gasteiger partial charge in [-0.1, -0.05) is 18.2 Å². The average molecular weight is 254 g/mol. The molecule has 1 aliphatic heterocycles. The Bertz CT molecular complexity index is 574.